The van der Waals surface area contributed by atoms with Crippen LogP contribution >= 0.6 is 11.6 Å². The molecule has 2 aliphatic heterocycles. The molecule has 0 saturated carbocycles. The Bertz CT molecular complexity index is 471. The number of aromatic nitrogens is 2. The molecule has 0 aliphatic carbocycles. The van der Waals surface area contributed by atoms with E-state index in [0.717, 1.165) is 55.4 Å². The number of anilines is 1. The lowest BCUT2D eigenvalue weighted by Gasteiger charge is -2.21. The summed E-state index contributed by atoms with van der Waals surface area (Å²) in [6.07, 6.45) is 0. The van der Waals surface area contributed by atoms with Crippen molar-refractivity contribution in [3.63, 3.8) is 0 Å². The van der Waals surface area contributed by atoms with Gasteiger partial charge in [0.1, 0.15) is 0 Å². The first kappa shape index (κ1) is 13.1. The molecule has 0 aromatic carbocycles. The number of nitrogens with zero attached hydrogens (tertiary/aromatic N) is 3. The predicted molar refractivity (Wildman–Crippen MR) is 77.7 cm³/mol. The molecule has 104 valence electrons. The van der Waals surface area contributed by atoms with E-state index in [1.54, 1.807) is 0 Å². The minimum atomic E-state index is -0.445. The SMILES string of the molecule is Cc1cc(C(C)(C)Cl)nc(N2C[C@H]3CNC[C@H]3C2)n1. The molecule has 2 atom stereocenters. The second kappa shape index (κ2) is 4.60. The zero-order valence-corrected chi connectivity index (χ0v) is 12.5. The van der Waals surface area contributed by atoms with Crippen LogP contribution in [0.2, 0.25) is 0 Å². The fraction of sp³-hybridized carbons (Fsp3) is 0.714. The topological polar surface area (TPSA) is 41.1 Å². The van der Waals surface area contributed by atoms with Gasteiger partial charge in [0.2, 0.25) is 5.95 Å². The number of halogens is 1. The van der Waals surface area contributed by atoms with Crippen molar-refractivity contribution >= 4 is 17.5 Å². The minimum absolute atomic E-state index is 0.445. The van der Waals surface area contributed by atoms with Gasteiger partial charge < -0.3 is 10.2 Å². The van der Waals surface area contributed by atoms with Gasteiger partial charge in [0.15, 0.2) is 0 Å². The van der Waals surface area contributed by atoms with Crippen LogP contribution in [0.4, 0.5) is 5.95 Å². The van der Waals surface area contributed by atoms with E-state index in [1.807, 2.05) is 26.8 Å². The maximum Gasteiger partial charge on any atom is 0.225 e. The van der Waals surface area contributed by atoms with Crippen LogP contribution in [0.5, 0.6) is 0 Å². The van der Waals surface area contributed by atoms with E-state index in [2.05, 4.69) is 20.2 Å². The molecular weight excluding hydrogens is 260 g/mol. The molecule has 0 amide bonds. The summed E-state index contributed by atoms with van der Waals surface area (Å²) in [5, 5.41) is 3.45. The predicted octanol–water partition coefficient (Wildman–Crippen LogP) is 1.91. The molecule has 2 fully saturated rings. The fourth-order valence-electron chi connectivity index (χ4n) is 3.02. The average molecular weight is 281 g/mol. The number of hydrogen-bond donors (Lipinski definition) is 1. The minimum Gasteiger partial charge on any atom is -0.340 e. The molecule has 1 aromatic rings. The molecule has 0 radical (unpaired) electrons. The van der Waals surface area contributed by atoms with Crippen LogP contribution in [-0.2, 0) is 4.87 Å². The lowest BCUT2D eigenvalue weighted by atomic mass is 10.0. The van der Waals surface area contributed by atoms with E-state index in [-0.39, 0.29) is 0 Å². The first-order valence-corrected chi connectivity index (χ1v) is 7.32. The zero-order valence-electron chi connectivity index (χ0n) is 11.8. The summed E-state index contributed by atoms with van der Waals surface area (Å²) in [6.45, 7) is 10.3. The van der Waals surface area contributed by atoms with Crippen LogP contribution in [0.3, 0.4) is 0 Å². The second-order valence-electron chi connectivity index (χ2n) is 6.25. The largest absolute Gasteiger partial charge is 0.340 e. The fourth-order valence-corrected chi connectivity index (χ4v) is 3.11. The van der Waals surface area contributed by atoms with Gasteiger partial charge in [-0.3, -0.25) is 0 Å². The van der Waals surface area contributed by atoms with E-state index in [0.29, 0.717) is 0 Å². The van der Waals surface area contributed by atoms with Gasteiger partial charge in [-0.05, 0) is 38.7 Å². The molecular formula is C14H21ClN4. The summed E-state index contributed by atoms with van der Waals surface area (Å²) < 4.78 is 0. The van der Waals surface area contributed by atoms with Gasteiger partial charge in [-0.15, -0.1) is 11.6 Å². The van der Waals surface area contributed by atoms with Gasteiger partial charge in [-0.25, -0.2) is 9.97 Å². The van der Waals surface area contributed by atoms with Crippen molar-refractivity contribution in [3.05, 3.63) is 17.5 Å². The maximum atomic E-state index is 6.39. The summed E-state index contributed by atoms with van der Waals surface area (Å²) in [6, 6.07) is 1.98. The highest BCUT2D eigenvalue weighted by Crippen LogP contribution is 2.31. The molecule has 1 N–H and O–H groups in total. The van der Waals surface area contributed by atoms with Gasteiger partial charge in [-0.1, -0.05) is 0 Å². The Kier molecular flexibility index (Phi) is 3.18. The molecule has 1 aromatic heterocycles. The van der Waals surface area contributed by atoms with Crippen molar-refractivity contribution in [1.82, 2.24) is 15.3 Å². The maximum absolute atomic E-state index is 6.39. The Hall–Kier alpha value is -0.870. The van der Waals surface area contributed by atoms with Gasteiger partial charge in [0.05, 0.1) is 10.6 Å². The highest BCUT2D eigenvalue weighted by molar-refractivity contribution is 6.23. The van der Waals surface area contributed by atoms with Crippen molar-refractivity contribution in [2.45, 2.75) is 25.6 Å². The highest BCUT2D eigenvalue weighted by Gasteiger charge is 2.37. The molecule has 19 heavy (non-hydrogen) atoms. The van der Waals surface area contributed by atoms with E-state index in [9.17, 15) is 0 Å². The first-order chi connectivity index (χ1) is 8.93. The number of rotatable bonds is 2. The molecule has 2 aliphatic rings. The van der Waals surface area contributed by atoms with Crippen molar-refractivity contribution in [2.24, 2.45) is 11.8 Å². The number of aryl methyl sites for hydroxylation is 1. The summed E-state index contributed by atoms with van der Waals surface area (Å²) >= 11 is 6.39. The number of hydrogen-bond acceptors (Lipinski definition) is 4. The van der Waals surface area contributed by atoms with E-state index in [1.165, 1.54) is 0 Å². The number of nitrogens with one attached hydrogen (secondary N) is 1. The molecule has 0 bridgehead atoms. The van der Waals surface area contributed by atoms with Crippen LogP contribution in [0, 0.1) is 18.8 Å². The van der Waals surface area contributed by atoms with Crippen LogP contribution in [-0.4, -0.2) is 36.1 Å². The number of fused-ring (bicyclic) bond motifs is 1. The molecule has 0 spiro atoms. The summed E-state index contributed by atoms with van der Waals surface area (Å²) in [5.41, 5.74) is 1.90. The monoisotopic (exact) mass is 280 g/mol. The molecule has 5 heteroatoms. The third-order valence-corrected chi connectivity index (χ3v) is 4.32. The van der Waals surface area contributed by atoms with Gasteiger partial charge >= 0.3 is 0 Å². The van der Waals surface area contributed by atoms with Crippen LogP contribution in [0.25, 0.3) is 0 Å². The lowest BCUT2D eigenvalue weighted by Crippen LogP contribution is -2.28. The van der Waals surface area contributed by atoms with Crippen molar-refractivity contribution < 1.29 is 0 Å². The standard InChI is InChI=1S/C14H21ClN4/c1-9-4-12(14(2,3)15)18-13(17-9)19-7-10-5-16-6-11(10)8-19/h4,10-11,16H,5-8H2,1-3H3/t10-,11+. The normalized spacial score (nSPS) is 26.8. The second-order valence-corrected chi connectivity index (χ2v) is 7.20. The first-order valence-electron chi connectivity index (χ1n) is 6.94. The third kappa shape index (κ3) is 2.56. The summed E-state index contributed by atoms with van der Waals surface area (Å²) in [5.74, 6) is 2.34. The molecule has 2 saturated heterocycles. The van der Waals surface area contributed by atoms with Gasteiger partial charge in [0.25, 0.3) is 0 Å². The molecule has 4 nitrogen and oxygen atoms in total. The van der Waals surface area contributed by atoms with Crippen molar-refractivity contribution in [1.29, 1.82) is 0 Å². The van der Waals surface area contributed by atoms with Crippen LogP contribution < -0.4 is 10.2 Å². The van der Waals surface area contributed by atoms with Crippen molar-refractivity contribution in [2.75, 3.05) is 31.1 Å². The number of alkyl halides is 1. The Balaban J connectivity index is 1.87. The summed E-state index contributed by atoms with van der Waals surface area (Å²) in [7, 11) is 0. The lowest BCUT2D eigenvalue weighted by molar-refractivity contribution is 0.533. The molecule has 3 rings (SSSR count). The van der Waals surface area contributed by atoms with E-state index < -0.39 is 4.87 Å². The van der Waals surface area contributed by atoms with Crippen LogP contribution in [0.1, 0.15) is 25.2 Å². The van der Waals surface area contributed by atoms with Gasteiger partial charge in [-0.2, -0.15) is 0 Å². The smallest absolute Gasteiger partial charge is 0.225 e. The Morgan fingerprint density at radius 2 is 1.89 bits per heavy atom. The van der Waals surface area contributed by atoms with Gasteiger partial charge in [0, 0.05) is 31.9 Å². The molecule has 3 heterocycles. The Morgan fingerprint density at radius 1 is 1.26 bits per heavy atom. The quantitative estimate of drug-likeness (QED) is 0.841. The average Bonchev–Trinajstić information content (AvgIpc) is 2.86. The molecule has 0 unspecified atom stereocenters. The zero-order chi connectivity index (χ0) is 13.6. The summed E-state index contributed by atoms with van der Waals surface area (Å²) in [4.78, 5) is 11.1. The van der Waals surface area contributed by atoms with E-state index >= 15 is 0 Å². The Morgan fingerprint density at radius 3 is 2.47 bits per heavy atom. The third-order valence-electron chi connectivity index (χ3n) is 4.12. The van der Waals surface area contributed by atoms with Crippen LogP contribution in [0.15, 0.2) is 6.07 Å². The van der Waals surface area contributed by atoms with E-state index in [4.69, 9.17) is 11.6 Å². The van der Waals surface area contributed by atoms with Crippen molar-refractivity contribution in [3.8, 4) is 0 Å². The Labute approximate surface area is 119 Å². The highest BCUT2D eigenvalue weighted by atomic mass is 35.5.